The van der Waals surface area contributed by atoms with Crippen LogP contribution >= 0.6 is 0 Å². The molecule has 1 aliphatic carbocycles. The van der Waals surface area contributed by atoms with E-state index in [-0.39, 0.29) is 17.2 Å². The number of amidine groups is 1. The summed E-state index contributed by atoms with van der Waals surface area (Å²) in [5.41, 5.74) is 6.68. The fourth-order valence-electron chi connectivity index (χ4n) is 2.82. The van der Waals surface area contributed by atoms with E-state index in [2.05, 4.69) is 5.16 Å². The summed E-state index contributed by atoms with van der Waals surface area (Å²) in [5.74, 6) is 0.173. The van der Waals surface area contributed by atoms with Gasteiger partial charge in [-0.15, -0.1) is 0 Å². The lowest BCUT2D eigenvalue weighted by atomic mass is 9.87. The summed E-state index contributed by atoms with van der Waals surface area (Å²) in [5, 5.41) is 11.7. The number of nitrogens with zero attached hydrogens (tertiary/aromatic N) is 2. The standard InChI is InChI=1S/C15H21N3O2/c1-15(8-3-4-9-15)14(19)18(2)12-7-5-6-11(10-12)13(16)17-20/h5-7,10,20H,3-4,8-9H2,1-2H3,(H2,16,17). The summed E-state index contributed by atoms with van der Waals surface area (Å²) < 4.78 is 0. The van der Waals surface area contributed by atoms with Gasteiger partial charge in [0, 0.05) is 23.7 Å². The highest BCUT2D eigenvalue weighted by molar-refractivity contribution is 6.01. The number of benzene rings is 1. The van der Waals surface area contributed by atoms with Crippen LogP contribution < -0.4 is 10.6 Å². The molecule has 5 heteroatoms. The van der Waals surface area contributed by atoms with Crippen LogP contribution in [0.5, 0.6) is 0 Å². The van der Waals surface area contributed by atoms with Crippen molar-refractivity contribution >= 4 is 17.4 Å². The third-order valence-corrected chi connectivity index (χ3v) is 4.17. The highest BCUT2D eigenvalue weighted by Crippen LogP contribution is 2.39. The molecular formula is C15H21N3O2. The third kappa shape index (κ3) is 2.61. The van der Waals surface area contributed by atoms with E-state index < -0.39 is 0 Å². The lowest BCUT2D eigenvalue weighted by Gasteiger charge is -2.29. The Morgan fingerprint density at radius 3 is 2.65 bits per heavy atom. The van der Waals surface area contributed by atoms with Crippen LogP contribution in [0.15, 0.2) is 29.4 Å². The van der Waals surface area contributed by atoms with Gasteiger partial charge in [-0.05, 0) is 25.0 Å². The van der Waals surface area contributed by atoms with Crippen molar-refractivity contribution in [2.24, 2.45) is 16.3 Å². The molecular weight excluding hydrogens is 254 g/mol. The van der Waals surface area contributed by atoms with Gasteiger partial charge in [0.1, 0.15) is 0 Å². The van der Waals surface area contributed by atoms with Crippen molar-refractivity contribution in [3.8, 4) is 0 Å². The Balaban J connectivity index is 2.25. The monoisotopic (exact) mass is 275 g/mol. The molecule has 1 fully saturated rings. The molecule has 0 spiro atoms. The number of anilines is 1. The van der Waals surface area contributed by atoms with E-state index in [9.17, 15) is 4.79 Å². The minimum Gasteiger partial charge on any atom is -0.409 e. The molecule has 3 N–H and O–H groups in total. The molecule has 20 heavy (non-hydrogen) atoms. The highest BCUT2D eigenvalue weighted by Gasteiger charge is 2.38. The molecule has 1 saturated carbocycles. The maximum absolute atomic E-state index is 12.6. The molecule has 0 atom stereocenters. The maximum Gasteiger partial charge on any atom is 0.232 e. The number of hydrogen-bond donors (Lipinski definition) is 2. The van der Waals surface area contributed by atoms with Gasteiger partial charge in [-0.3, -0.25) is 4.79 Å². The quantitative estimate of drug-likeness (QED) is 0.384. The van der Waals surface area contributed by atoms with Crippen LogP contribution in [0.25, 0.3) is 0 Å². The van der Waals surface area contributed by atoms with Gasteiger partial charge in [0.05, 0.1) is 0 Å². The number of amides is 1. The van der Waals surface area contributed by atoms with Crippen LogP contribution in [-0.4, -0.2) is 24.0 Å². The minimum atomic E-state index is -0.263. The Bertz CT molecular complexity index is 534. The van der Waals surface area contributed by atoms with Gasteiger partial charge in [0.25, 0.3) is 0 Å². The van der Waals surface area contributed by atoms with Crippen molar-refractivity contribution < 1.29 is 10.0 Å². The van der Waals surface area contributed by atoms with Crippen molar-refractivity contribution in [2.75, 3.05) is 11.9 Å². The van der Waals surface area contributed by atoms with Gasteiger partial charge in [-0.2, -0.15) is 0 Å². The molecule has 0 aliphatic heterocycles. The smallest absolute Gasteiger partial charge is 0.232 e. The number of nitrogens with two attached hydrogens (primary N) is 1. The van der Waals surface area contributed by atoms with E-state index in [4.69, 9.17) is 10.9 Å². The van der Waals surface area contributed by atoms with Gasteiger partial charge in [-0.25, -0.2) is 0 Å². The van der Waals surface area contributed by atoms with Crippen LogP contribution in [0.2, 0.25) is 0 Å². The van der Waals surface area contributed by atoms with E-state index in [1.165, 1.54) is 0 Å². The summed E-state index contributed by atoms with van der Waals surface area (Å²) in [6, 6.07) is 7.15. The molecule has 108 valence electrons. The Morgan fingerprint density at radius 1 is 1.40 bits per heavy atom. The molecule has 5 nitrogen and oxygen atoms in total. The van der Waals surface area contributed by atoms with Crippen LogP contribution in [0.4, 0.5) is 5.69 Å². The predicted octanol–water partition coefficient (Wildman–Crippen LogP) is 2.32. The summed E-state index contributed by atoms with van der Waals surface area (Å²) >= 11 is 0. The van der Waals surface area contributed by atoms with Crippen molar-refractivity contribution in [1.82, 2.24) is 0 Å². The van der Waals surface area contributed by atoms with Gasteiger partial charge in [0.2, 0.25) is 5.91 Å². The Labute approximate surface area is 119 Å². The molecule has 1 aromatic carbocycles. The molecule has 0 radical (unpaired) electrons. The van der Waals surface area contributed by atoms with Crippen LogP contribution in [0, 0.1) is 5.41 Å². The fraction of sp³-hybridized carbons (Fsp3) is 0.467. The molecule has 0 bridgehead atoms. The summed E-state index contributed by atoms with van der Waals surface area (Å²) in [4.78, 5) is 14.3. The Hall–Kier alpha value is -2.04. The lowest BCUT2D eigenvalue weighted by Crippen LogP contribution is -2.38. The molecule has 0 saturated heterocycles. The van der Waals surface area contributed by atoms with Gasteiger partial charge < -0.3 is 15.8 Å². The summed E-state index contributed by atoms with van der Waals surface area (Å²) in [6.45, 7) is 2.03. The van der Waals surface area contributed by atoms with Crippen LogP contribution in [-0.2, 0) is 4.79 Å². The highest BCUT2D eigenvalue weighted by atomic mass is 16.4. The zero-order chi connectivity index (χ0) is 14.8. The van der Waals surface area contributed by atoms with Gasteiger partial charge in [-0.1, -0.05) is 37.1 Å². The average Bonchev–Trinajstić information content (AvgIpc) is 2.93. The van der Waals surface area contributed by atoms with Crippen molar-refractivity contribution in [3.05, 3.63) is 29.8 Å². The summed E-state index contributed by atoms with van der Waals surface area (Å²) in [6.07, 6.45) is 4.10. The number of oxime groups is 1. The molecule has 1 aromatic rings. The van der Waals surface area contributed by atoms with E-state index in [0.29, 0.717) is 5.56 Å². The normalized spacial score (nSPS) is 18.0. The van der Waals surface area contributed by atoms with Crippen molar-refractivity contribution in [2.45, 2.75) is 32.6 Å². The van der Waals surface area contributed by atoms with Crippen molar-refractivity contribution in [3.63, 3.8) is 0 Å². The van der Waals surface area contributed by atoms with Crippen LogP contribution in [0.1, 0.15) is 38.2 Å². The second-order valence-corrected chi connectivity index (χ2v) is 5.67. The first-order valence-corrected chi connectivity index (χ1v) is 6.84. The zero-order valence-corrected chi connectivity index (χ0v) is 12.0. The molecule has 1 amide bonds. The molecule has 0 aromatic heterocycles. The van der Waals surface area contributed by atoms with E-state index in [1.807, 2.05) is 13.0 Å². The summed E-state index contributed by atoms with van der Waals surface area (Å²) in [7, 11) is 1.78. The Kier molecular flexibility index (Phi) is 3.97. The number of hydrogen-bond acceptors (Lipinski definition) is 3. The molecule has 0 heterocycles. The number of rotatable bonds is 3. The van der Waals surface area contributed by atoms with E-state index in [1.54, 1.807) is 30.1 Å². The van der Waals surface area contributed by atoms with E-state index >= 15 is 0 Å². The SMILES string of the molecule is CN(C(=O)C1(C)CCCC1)c1cccc(/C(N)=N/O)c1. The molecule has 1 aliphatic rings. The number of carbonyl (C=O) groups is 1. The zero-order valence-electron chi connectivity index (χ0n) is 12.0. The largest absolute Gasteiger partial charge is 0.409 e. The topological polar surface area (TPSA) is 78.9 Å². The van der Waals surface area contributed by atoms with Crippen molar-refractivity contribution in [1.29, 1.82) is 0 Å². The average molecular weight is 275 g/mol. The second kappa shape index (κ2) is 5.53. The number of carbonyl (C=O) groups excluding carboxylic acids is 1. The first-order chi connectivity index (χ1) is 9.48. The minimum absolute atomic E-state index is 0.0415. The van der Waals surface area contributed by atoms with Gasteiger partial charge >= 0.3 is 0 Å². The fourth-order valence-corrected chi connectivity index (χ4v) is 2.82. The molecule has 2 rings (SSSR count). The molecule has 0 unspecified atom stereocenters. The second-order valence-electron chi connectivity index (χ2n) is 5.67. The first kappa shape index (κ1) is 14.4. The Morgan fingerprint density at radius 2 is 2.05 bits per heavy atom. The lowest BCUT2D eigenvalue weighted by molar-refractivity contribution is -0.126. The van der Waals surface area contributed by atoms with E-state index in [0.717, 1.165) is 31.4 Å². The van der Waals surface area contributed by atoms with Crippen LogP contribution in [0.3, 0.4) is 0 Å². The third-order valence-electron chi connectivity index (χ3n) is 4.17. The first-order valence-electron chi connectivity index (χ1n) is 6.84. The van der Waals surface area contributed by atoms with Gasteiger partial charge in [0.15, 0.2) is 5.84 Å². The predicted molar refractivity (Wildman–Crippen MR) is 78.9 cm³/mol. The maximum atomic E-state index is 12.6.